The fourth-order valence-corrected chi connectivity index (χ4v) is 2.93. The lowest BCUT2D eigenvalue weighted by Gasteiger charge is -2.14. The van der Waals surface area contributed by atoms with Crippen molar-refractivity contribution in [2.24, 2.45) is 0 Å². The third-order valence-electron chi connectivity index (χ3n) is 4.06. The van der Waals surface area contributed by atoms with Gasteiger partial charge in [0.25, 0.3) is 11.8 Å². The number of aryl methyl sites for hydroxylation is 2. The second kappa shape index (κ2) is 6.07. The summed E-state index contributed by atoms with van der Waals surface area (Å²) in [7, 11) is 0. The van der Waals surface area contributed by atoms with Gasteiger partial charge in [-0.2, -0.15) is 0 Å². The standard InChI is InChI=1S/C20H15N3O3/c1-12-11-13(2)22-20(21-12)26-15-9-7-14(8-10-15)23-18(24)16-5-3-4-6-17(16)19(23)25/h3-11H,1-2H3. The first-order valence-corrected chi connectivity index (χ1v) is 8.11. The van der Waals surface area contributed by atoms with Crippen LogP contribution in [0.5, 0.6) is 11.8 Å². The number of carbonyl (C=O) groups is 2. The number of ether oxygens (including phenoxy) is 1. The van der Waals surface area contributed by atoms with E-state index in [1.807, 2.05) is 19.9 Å². The summed E-state index contributed by atoms with van der Waals surface area (Å²) in [6, 6.07) is 15.6. The first-order valence-electron chi connectivity index (χ1n) is 8.11. The number of benzene rings is 2. The van der Waals surface area contributed by atoms with Crippen LogP contribution in [0.15, 0.2) is 54.6 Å². The first-order chi connectivity index (χ1) is 12.5. The fraction of sp³-hybridized carbons (Fsp3) is 0.100. The van der Waals surface area contributed by atoms with Crippen LogP contribution in [-0.4, -0.2) is 21.8 Å². The van der Waals surface area contributed by atoms with E-state index in [9.17, 15) is 9.59 Å². The van der Waals surface area contributed by atoms with E-state index in [1.165, 1.54) is 4.90 Å². The van der Waals surface area contributed by atoms with E-state index < -0.39 is 0 Å². The van der Waals surface area contributed by atoms with E-state index in [-0.39, 0.29) is 17.8 Å². The monoisotopic (exact) mass is 345 g/mol. The maximum absolute atomic E-state index is 12.5. The van der Waals surface area contributed by atoms with Gasteiger partial charge < -0.3 is 4.74 Å². The molecule has 0 bridgehead atoms. The number of hydrogen-bond acceptors (Lipinski definition) is 5. The van der Waals surface area contributed by atoms with Gasteiger partial charge >= 0.3 is 6.01 Å². The molecular formula is C20H15N3O3. The smallest absolute Gasteiger partial charge is 0.322 e. The normalized spacial score (nSPS) is 13.1. The summed E-state index contributed by atoms with van der Waals surface area (Å²) in [5.41, 5.74) is 2.96. The van der Waals surface area contributed by atoms with Crippen LogP contribution in [0.2, 0.25) is 0 Å². The quantitative estimate of drug-likeness (QED) is 0.677. The van der Waals surface area contributed by atoms with Crippen molar-refractivity contribution in [3.05, 3.63) is 77.1 Å². The van der Waals surface area contributed by atoms with Crippen molar-refractivity contribution in [3.8, 4) is 11.8 Å². The lowest BCUT2D eigenvalue weighted by atomic mass is 10.1. The Morgan fingerprint density at radius 2 is 1.35 bits per heavy atom. The molecule has 1 aromatic heterocycles. The van der Waals surface area contributed by atoms with E-state index >= 15 is 0 Å². The van der Waals surface area contributed by atoms with E-state index in [0.29, 0.717) is 22.6 Å². The highest BCUT2D eigenvalue weighted by molar-refractivity contribution is 6.34. The molecule has 0 atom stereocenters. The average Bonchev–Trinajstić information content (AvgIpc) is 2.86. The molecule has 1 aliphatic rings. The molecule has 6 nitrogen and oxygen atoms in total. The summed E-state index contributed by atoms with van der Waals surface area (Å²) in [6.45, 7) is 3.74. The van der Waals surface area contributed by atoms with Crippen LogP contribution in [0, 0.1) is 13.8 Å². The minimum Gasteiger partial charge on any atom is -0.424 e. The van der Waals surface area contributed by atoms with Gasteiger partial charge in [-0.25, -0.2) is 14.9 Å². The van der Waals surface area contributed by atoms with Crippen molar-refractivity contribution in [1.29, 1.82) is 0 Å². The topological polar surface area (TPSA) is 72.4 Å². The Balaban J connectivity index is 1.59. The summed E-state index contributed by atoms with van der Waals surface area (Å²) in [5.74, 6) is -0.121. The molecule has 0 aliphatic carbocycles. The molecule has 0 radical (unpaired) electrons. The van der Waals surface area contributed by atoms with Crippen molar-refractivity contribution in [2.75, 3.05) is 4.90 Å². The minimum absolute atomic E-state index is 0.260. The highest BCUT2D eigenvalue weighted by atomic mass is 16.5. The zero-order valence-electron chi connectivity index (χ0n) is 14.3. The van der Waals surface area contributed by atoms with Crippen molar-refractivity contribution in [1.82, 2.24) is 9.97 Å². The molecular weight excluding hydrogens is 330 g/mol. The van der Waals surface area contributed by atoms with Crippen molar-refractivity contribution in [2.45, 2.75) is 13.8 Å². The highest BCUT2D eigenvalue weighted by Gasteiger charge is 2.36. The van der Waals surface area contributed by atoms with Crippen LogP contribution in [0.25, 0.3) is 0 Å². The minimum atomic E-state index is -0.322. The summed E-state index contributed by atoms with van der Waals surface area (Å²) in [6.07, 6.45) is 0. The Kier molecular flexibility index (Phi) is 3.73. The van der Waals surface area contributed by atoms with Gasteiger partial charge in [0.05, 0.1) is 16.8 Å². The summed E-state index contributed by atoms with van der Waals surface area (Å²) < 4.78 is 5.66. The van der Waals surface area contributed by atoms with E-state index in [4.69, 9.17) is 4.74 Å². The SMILES string of the molecule is Cc1cc(C)nc(Oc2ccc(N3C(=O)c4ccccc4C3=O)cc2)n1. The molecule has 3 aromatic rings. The number of hydrogen-bond donors (Lipinski definition) is 0. The number of nitrogens with zero attached hydrogens (tertiary/aromatic N) is 3. The molecule has 1 aliphatic heterocycles. The predicted octanol–water partition coefficient (Wildman–Crippen LogP) is 3.69. The van der Waals surface area contributed by atoms with E-state index in [0.717, 1.165) is 11.4 Å². The van der Waals surface area contributed by atoms with Gasteiger partial charge in [-0.05, 0) is 56.3 Å². The van der Waals surface area contributed by atoms with Crippen LogP contribution < -0.4 is 9.64 Å². The van der Waals surface area contributed by atoms with Gasteiger partial charge in [0.2, 0.25) is 0 Å². The number of aromatic nitrogens is 2. The van der Waals surface area contributed by atoms with Gasteiger partial charge in [0.15, 0.2) is 0 Å². The van der Waals surface area contributed by atoms with Crippen molar-refractivity contribution < 1.29 is 14.3 Å². The zero-order valence-corrected chi connectivity index (χ0v) is 14.3. The summed E-state index contributed by atoms with van der Waals surface area (Å²) in [5, 5.41) is 0. The second-order valence-corrected chi connectivity index (χ2v) is 6.02. The summed E-state index contributed by atoms with van der Waals surface area (Å²) >= 11 is 0. The lowest BCUT2D eigenvalue weighted by molar-refractivity contribution is 0.0926. The van der Waals surface area contributed by atoms with Crippen LogP contribution in [0.1, 0.15) is 32.1 Å². The molecule has 0 unspecified atom stereocenters. The molecule has 26 heavy (non-hydrogen) atoms. The Morgan fingerprint density at radius 1 is 0.808 bits per heavy atom. The number of fused-ring (bicyclic) bond motifs is 1. The molecule has 6 heteroatoms. The molecule has 0 saturated heterocycles. The molecule has 0 saturated carbocycles. The number of imide groups is 1. The number of rotatable bonds is 3. The Morgan fingerprint density at radius 3 is 1.88 bits per heavy atom. The van der Waals surface area contributed by atoms with Crippen LogP contribution in [-0.2, 0) is 0 Å². The van der Waals surface area contributed by atoms with Gasteiger partial charge in [-0.1, -0.05) is 12.1 Å². The molecule has 0 spiro atoms. The molecule has 4 rings (SSSR count). The Hall–Kier alpha value is -3.54. The highest BCUT2D eigenvalue weighted by Crippen LogP contribution is 2.30. The maximum Gasteiger partial charge on any atom is 0.322 e. The Bertz CT molecular complexity index is 973. The van der Waals surface area contributed by atoms with Crippen LogP contribution >= 0.6 is 0 Å². The average molecular weight is 345 g/mol. The lowest BCUT2D eigenvalue weighted by Crippen LogP contribution is -2.29. The number of amides is 2. The van der Waals surface area contributed by atoms with Crippen molar-refractivity contribution in [3.63, 3.8) is 0 Å². The van der Waals surface area contributed by atoms with Crippen molar-refractivity contribution >= 4 is 17.5 Å². The number of anilines is 1. The third-order valence-corrected chi connectivity index (χ3v) is 4.06. The molecule has 2 heterocycles. The zero-order chi connectivity index (χ0) is 18.3. The van der Waals surface area contributed by atoms with Gasteiger partial charge in [0.1, 0.15) is 5.75 Å². The molecule has 0 fully saturated rings. The Labute approximate surface area is 150 Å². The molecule has 2 amide bonds. The van der Waals surface area contributed by atoms with Gasteiger partial charge in [-0.15, -0.1) is 0 Å². The third kappa shape index (κ3) is 2.71. The molecule has 2 aromatic carbocycles. The van der Waals surface area contributed by atoms with Gasteiger partial charge in [0, 0.05) is 11.4 Å². The summed E-state index contributed by atoms with van der Waals surface area (Å²) in [4.78, 5) is 34.6. The fourth-order valence-electron chi connectivity index (χ4n) is 2.93. The maximum atomic E-state index is 12.5. The van der Waals surface area contributed by atoms with Crippen LogP contribution in [0.3, 0.4) is 0 Å². The molecule has 0 N–H and O–H groups in total. The largest absolute Gasteiger partial charge is 0.424 e. The van der Waals surface area contributed by atoms with Gasteiger partial charge in [-0.3, -0.25) is 9.59 Å². The van der Waals surface area contributed by atoms with E-state index in [2.05, 4.69) is 9.97 Å². The first kappa shape index (κ1) is 16.0. The second-order valence-electron chi connectivity index (χ2n) is 6.02. The molecule has 128 valence electrons. The number of carbonyl (C=O) groups excluding carboxylic acids is 2. The van der Waals surface area contributed by atoms with Crippen LogP contribution in [0.4, 0.5) is 5.69 Å². The van der Waals surface area contributed by atoms with E-state index in [1.54, 1.807) is 48.5 Å². The predicted molar refractivity (Wildman–Crippen MR) is 95.6 cm³/mol.